The molecule has 1 aromatic carbocycles. The molecular formula is C15H20N2O2. The van der Waals surface area contributed by atoms with Gasteiger partial charge in [0.25, 0.3) is 0 Å². The fourth-order valence-electron chi connectivity index (χ4n) is 2.31. The van der Waals surface area contributed by atoms with Crippen LogP contribution in [0.5, 0.6) is 5.75 Å². The van der Waals surface area contributed by atoms with Gasteiger partial charge in [0.15, 0.2) is 0 Å². The molecule has 4 heteroatoms. The summed E-state index contributed by atoms with van der Waals surface area (Å²) < 4.78 is 5.30. The molecule has 0 spiro atoms. The Morgan fingerprint density at radius 2 is 2.21 bits per heavy atom. The minimum atomic E-state index is 0.0244. The van der Waals surface area contributed by atoms with E-state index in [9.17, 15) is 4.79 Å². The number of carbonyl (C=O) groups is 1. The summed E-state index contributed by atoms with van der Waals surface area (Å²) in [5.74, 6) is 0.804. The number of amides is 1. The molecule has 0 saturated carbocycles. The van der Waals surface area contributed by atoms with Gasteiger partial charge in [-0.2, -0.15) is 0 Å². The molecule has 102 valence electrons. The van der Waals surface area contributed by atoms with E-state index < -0.39 is 0 Å². The second kappa shape index (κ2) is 5.89. The van der Waals surface area contributed by atoms with Gasteiger partial charge in [0, 0.05) is 30.8 Å². The summed E-state index contributed by atoms with van der Waals surface area (Å²) in [4.78, 5) is 13.9. The van der Waals surface area contributed by atoms with Crippen molar-refractivity contribution in [2.75, 3.05) is 20.2 Å². The molecule has 0 radical (unpaired) electrons. The number of ether oxygens (including phenoxy) is 1. The van der Waals surface area contributed by atoms with E-state index >= 15 is 0 Å². The van der Waals surface area contributed by atoms with E-state index in [-0.39, 0.29) is 11.9 Å². The Labute approximate surface area is 113 Å². The zero-order valence-corrected chi connectivity index (χ0v) is 11.4. The maximum absolute atomic E-state index is 12.1. The summed E-state index contributed by atoms with van der Waals surface area (Å²) in [7, 11) is 1.63. The first-order valence-corrected chi connectivity index (χ1v) is 6.48. The van der Waals surface area contributed by atoms with Crippen molar-refractivity contribution >= 4 is 11.5 Å². The first-order valence-electron chi connectivity index (χ1n) is 6.48. The zero-order valence-electron chi connectivity index (χ0n) is 11.4. The molecule has 2 rings (SSSR count). The molecule has 0 unspecified atom stereocenters. The smallest absolute Gasteiger partial charge is 0.246 e. The van der Waals surface area contributed by atoms with E-state index in [0.717, 1.165) is 29.9 Å². The monoisotopic (exact) mass is 260 g/mol. The summed E-state index contributed by atoms with van der Waals surface area (Å²) in [5, 5.41) is 0. The topological polar surface area (TPSA) is 55.6 Å². The minimum Gasteiger partial charge on any atom is -0.496 e. The first-order chi connectivity index (χ1) is 9.11. The highest BCUT2D eigenvalue weighted by atomic mass is 16.5. The van der Waals surface area contributed by atoms with Gasteiger partial charge in [-0.05, 0) is 25.0 Å². The van der Waals surface area contributed by atoms with Gasteiger partial charge >= 0.3 is 0 Å². The molecule has 1 saturated heterocycles. The molecule has 2 N–H and O–H groups in total. The lowest BCUT2D eigenvalue weighted by atomic mass is 10.1. The van der Waals surface area contributed by atoms with E-state index in [1.54, 1.807) is 18.1 Å². The van der Waals surface area contributed by atoms with Gasteiger partial charge in [-0.15, -0.1) is 0 Å². The summed E-state index contributed by atoms with van der Waals surface area (Å²) >= 11 is 0. The number of nitrogens with zero attached hydrogens (tertiary/aromatic N) is 1. The number of rotatable bonds is 3. The third-order valence-corrected chi connectivity index (χ3v) is 3.41. The Morgan fingerprint density at radius 1 is 1.47 bits per heavy atom. The maximum Gasteiger partial charge on any atom is 0.246 e. The lowest BCUT2D eigenvalue weighted by Gasteiger charge is -2.14. The first kappa shape index (κ1) is 13.6. The average Bonchev–Trinajstić information content (AvgIpc) is 2.85. The number of allylic oxidation sites excluding steroid dienone is 1. The highest BCUT2D eigenvalue weighted by molar-refractivity contribution is 5.95. The summed E-state index contributed by atoms with van der Waals surface area (Å²) in [5.41, 5.74) is 7.67. The minimum absolute atomic E-state index is 0.0244. The number of benzene rings is 1. The van der Waals surface area contributed by atoms with Gasteiger partial charge in [-0.3, -0.25) is 4.79 Å². The summed E-state index contributed by atoms with van der Waals surface area (Å²) in [6, 6.07) is 7.81. The van der Waals surface area contributed by atoms with Gasteiger partial charge in [-0.1, -0.05) is 18.2 Å². The maximum atomic E-state index is 12.1. The molecule has 0 aliphatic carbocycles. The molecule has 1 atom stereocenters. The fraction of sp³-hybridized carbons (Fsp3) is 0.400. The van der Waals surface area contributed by atoms with Crippen molar-refractivity contribution in [2.24, 2.45) is 5.73 Å². The van der Waals surface area contributed by atoms with E-state index in [2.05, 4.69) is 0 Å². The average molecular weight is 260 g/mol. The number of likely N-dealkylation sites (tertiary alicyclic amines) is 1. The Hall–Kier alpha value is -1.81. The predicted molar refractivity (Wildman–Crippen MR) is 75.8 cm³/mol. The highest BCUT2D eigenvalue weighted by Gasteiger charge is 2.22. The number of carbonyl (C=O) groups excluding carboxylic acids is 1. The molecule has 1 amide bonds. The number of hydrogen-bond acceptors (Lipinski definition) is 3. The van der Waals surface area contributed by atoms with Crippen molar-refractivity contribution in [3.05, 3.63) is 35.9 Å². The molecule has 0 aromatic heterocycles. The van der Waals surface area contributed by atoms with Gasteiger partial charge in [-0.25, -0.2) is 0 Å². The fourth-order valence-corrected chi connectivity index (χ4v) is 2.31. The quantitative estimate of drug-likeness (QED) is 0.841. The van der Waals surface area contributed by atoms with Crippen LogP contribution in [0.25, 0.3) is 5.57 Å². The number of hydrogen-bond donors (Lipinski definition) is 1. The van der Waals surface area contributed by atoms with Gasteiger partial charge in [0.05, 0.1) is 7.11 Å². The normalized spacial score (nSPS) is 19.6. The SMILES string of the molecule is COc1ccccc1C(C)=CC(=O)N1CC[C@@H](N)C1. The number of methoxy groups -OCH3 is 1. The van der Waals surface area contributed by atoms with Crippen molar-refractivity contribution in [1.29, 1.82) is 0 Å². The van der Waals surface area contributed by atoms with Gasteiger partial charge in [0.1, 0.15) is 5.75 Å². The van der Waals surface area contributed by atoms with E-state index in [4.69, 9.17) is 10.5 Å². The van der Waals surface area contributed by atoms with Gasteiger partial charge in [0.2, 0.25) is 5.91 Å². The van der Waals surface area contributed by atoms with Crippen LogP contribution in [0.3, 0.4) is 0 Å². The third-order valence-electron chi connectivity index (χ3n) is 3.41. The second-order valence-electron chi connectivity index (χ2n) is 4.86. The Morgan fingerprint density at radius 3 is 2.84 bits per heavy atom. The molecule has 1 aliphatic rings. The van der Waals surface area contributed by atoms with Crippen LogP contribution >= 0.6 is 0 Å². The van der Waals surface area contributed by atoms with Crippen molar-refractivity contribution in [1.82, 2.24) is 4.90 Å². The van der Waals surface area contributed by atoms with Crippen LogP contribution in [-0.4, -0.2) is 37.0 Å². The third kappa shape index (κ3) is 3.15. The van der Waals surface area contributed by atoms with E-state index in [1.165, 1.54) is 0 Å². The molecular weight excluding hydrogens is 240 g/mol. The van der Waals surface area contributed by atoms with E-state index in [0.29, 0.717) is 6.54 Å². The molecule has 19 heavy (non-hydrogen) atoms. The van der Waals surface area contributed by atoms with Crippen molar-refractivity contribution < 1.29 is 9.53 Å². The molecule has 1 aromatic rings. The van der Waals surface area contributed by atoms with Crippen LogP contribution in [-0.2, 0) is 4.79 Å². The van der Waals surface area contributed by atoms with Crippen molar-refractivity contribution in [3.63, 3.8) is 0 Å². The van der Waals surface area contributed by atoms with Crippen LogP contribution in [0.4, 0.5) is 0 Å². The van der Waals surface area contributed by atoms with Crippen molar-refractivity contribution in [3.8, 4) is 5.75 Å². The lowest BCUT2D eigenvalue weighted by Crippen LogP contribution is -2.30. The summed E-state index contributed by atoms with van der Waals surface area (Å²) in [6.07, 6.45) is 2.54. The molecule has 1 fully saturated rings. The standard InChI is InChI=1S/C15H20N2O2/c1-11(13-5-3-4-6-14(13)19-2)9-15(18)17-8-7-12(16)10-17/h3-6,9,12H,7-8,10,16H2,1-2H3/t12-/m1/s1. The molecule has 1 aliphatic heterocycles. The Balaban J connectivity index is 2.16. The molecule has 4 nitrogen and oxygen atoms in total. The molecule has 0 bridgehead atoms. The van der Waals surface area contributed by atoms with Crippen LogP contribution in [0.1, 0.15) is 18.9 Å². The summed E-state index contributed by atoms with van der Waals surface area (Å²) in [6.45, 7) is 3.32. The van der Waals surface area contributed by atoms with E-state index in [1.807, 2.05) is 31.2 Å². The predicted octanol–water partition coefficient (Wildman–Crippen LogP) is 1.66. The van der Waals surface area contributed by atoms with Crippen molar-refractivity contribution in [2.45, 2.75) is 19.4 Å². The zero-order chi connectivity index (χ0) is 13.8. The van der Waals surface area contributed by atoms with Crippen LogP contribution in [0, 0.1) is 0 Å². The number of nitrogens with two attached hydrogens (primary N) is 1. The Kier molecular flexibility index (Phi) is 4.22. The van der Waals surface area contributed by atoms with Crippen LogP contribution < -0.4 is 10.5 Å². The van der Waals surface area contributed by atoms with Crippen LogP contribution in [0.15, 0.2) is 30.3 Å². The second-order valence-corrected chi connectivity index (χ2v) is 4.86. The molecule has 1 heterocycles. The lowest BCUT2D eigenvalue weighted by molar-refractivity contribution is -0.125. The highest BCUT2D eigenvalue weighted by Crippen LogP contribution is 2.25. The largest absolute Gasteiger partial charge is 0.496 e. The number of para-hydroxylation sites is 1. The Bertz CT molecular complexity index is 497. The van der Waals surface area contributed by atoms with Gasteiger partial charge < -0.3 is 15.4 Å². The van der Waals surface area contributed by atoms with Crippen LogP contribution in [0.2, 0.25) is 0 Å².